The van der Waals surface area contributed by atoms with Crippen LogP contribution in [0.15, 0.2) is 23.2 Å². The molecular formula is C15H21Cl2N3O2S. The van der Waals surface area contributed by atoms with E-state index in [4.69, 9.17) is 28.9 Å². The third-order valence-corrected chi connectivity index (χ3v) is 6.32. The van der Waals surface area contributed by atoms with E-state index in [1.807, 2.05) is 13.0 Å². The van der Waals surface area contributed by atoms with Crippen molar-refractivity contribution in [2.45, 2.75) is 25.8 Å². The zero-order valence-corrected chi connectivity index (χ0v) is 15.3. The molecule has 1 fully saturated rings. The van der Waals surface area contributed by atoms with Gasteiger partial charge in [0, 0.05) is 16.6 Å². The molecule has 2 unspecified atom stereocenters. The lowest BCUT2D eigenvalue weighted by atomic mass is 10.1. The average Bonchev–Trinajstić information content (AvgIpc) is 2.44. The zero-order valence-electron chi connectivity index (χ0n) is 12.9. The lowest BCUT2D eigenvalue weighted by molar-refractivity contribution is 0.493. The lowest BCUT2D eigenvalue weighted by Crippen LogP contribution is -2.35. The summed E-state index contributed by atoms with van der Waals surface area (Å²) in [4.78, 5) is 4.28. The minimum atomic E-state index is -2.92. The van der Waals surface area contributed by atoms with Crippen LogP contribution < -0.4 is 11.1 Å². The van der Waals surface area contributed by atoms with Gasteiger partial charge in [-0.1, -0.05) is 29.3 Å². The highest BCUT2D eigenvalue weighted by molar-refractivity contribution is 7.91. The van der Waals surface area contributed by atoms with Crippen molar-refractivity contribution in [3.05, 3.63) is 33.8 Å². The molecule has 0 saturated carbocycles. The van der Waals surface area contributed by atoms with Crippen LogP contribution in [-0.2, 0) is 9.84 Å². The van der Waals surface area contributed by atoms with Crippen LogP contribution in [0.25, 0.3) is 0 Å². The minimum absolute atomic E-state index is 0.0449. The second-order valence-corrected chi connectivity index (χ2v) is 8.95. The van der Waals surface area contributed by atoms with Crippen molar-refractivity contribution in [3.8, 4) is 0 Å². The van der Waals surface area contributed by atoms with Gasteiger partial charge in [-0.3, -0.25) is 4.99 Å². The number of rotatable bonds is 4. The highest BCUT2D eigenvalue weighted by Crippen LogP contribution is 2.26. The first-order chi connectivity index (χ1) is 10.8. The Labute approximate surface area is 147 Å². The highest BCUT2D eigenvalue weighted by atomic mass is 35.5. The Morgan fingerprint density at radius 3 is 2.87 bits per heavy atom. The van der Waals surface area contributed by atoms with Gasteiger partial charge in [-0.25, -0.2) is 8.42 Å². The van der Waals surface area contributed by atoms with Gasteiger partial charge in [0.15, 0.2) is 15.8 Å². The van der Waals surface area contributed by atoms with Gasteiger partial charge < -0.3 is 11.1 Å². The van der Waals surface area contributed by atoms with Crippen molar-refractivity contribution in [2.24, 2.45) is 16.6 Å². The molecule has 1 saturated heterocycles. The fraction of sp³-hybridized carbons (Fsp3) is 0.533. The SMILES string of the molecule is CC(NC(N)=NCC1CCCS(=O)(=O)C1)c1ccc(Cl)cc1Cl. The molecule has 2 rings (SSSR count). The van der Waals surface area contributed by atoms with E-state index < -0.39 is 9.84 Å². The maximum atomic E-state index is 11.6. The number of nitrogens with one attached hydrogen (secondary N) is 1. The van der Waals surface area contributed by atoms with Crippen molar-refractivity contribution in [1.29, 1.82) is 0 Å². The summed E-state index contributed by atoms with van der Waals surface area (Å²) in [7, 11) is -2.92. The van der Waals surface area contributed by atoms with Crippen molar-refractivity contribution in [2.75, 3.05) is 18.1 Å². The molecule has 1 aliphatic heterocycles. The normalized spacial score (nSPS) is 22.6. The van der Waals surface area contributed by atoms with Gasteiger partial charge in [0.05, 0.1) is 17.5 Å². The van der Waals surface area contributed by atoms with E-state index in [9.17, 15) is 8.42 Å². The van der Waals surface area contributed by atoms with Crippen molar-refractivity contribution < 1.29 is 8.42 Å². The van der Waals surface area contributed by atoms with E-state index in [-0.39, 0.29) is 29.4 Å². The van der Waals surface area contributed by atoms with E-state index in [0.717, 1.165) is 12.0 Å². The van der Waals surface area contributed by atoms with Crippen LogP contribution in [0, 0.1) is 5.92 Å². The molecule has 0 spiro atoms. The number of nitrogens with zero attached hydrogens (tertiary/aromatic N) is 1. The van der Waals surface area contributed by atoms with Gasteiger partial charge in [-0.15, -0.1) is 0 Å². The lowest BCUT2D eigenvalue weighted by Gasteiger charge is -2.21. The van der Waals surface area contributed by atoms with Crippen LogP contribution in [0.3, 0.4) is 0 Å². The number of sulfone groups is 1. The Bertz CT molecular complexity index is 692. The molecule has 1 aliphatic rings. The predicted octanol–water partition coefficient (Wildman–Crippen LogP) is 2.78. The quantitative estimate of drug-likeness (QED) is 0.623. The summed E-state index contributed by atoms with van der Waals surface area (Å²) in [6.45, 7) is 2.34. The molecule has 128 valence electrons. The van der Waals surface area contributed by atoms with E-state index in [2.05, 4.69) is 10.3 Å². The van der Waals surface area contributed by atoms with E-state index in [0.29, 0.717) is 23.0 Å². The predicted molar refractivity (Wildman–Crippen MR) is 95.9 cm³/mol. The molecule has 1 heterocycles. The fourth-order valence-corrected chi connectivity index (χ4v) is 5.02. The number of aliphatic imine (C=N–C) groups is 1. The number of guanidine groups is 1. The third kappa shape index (κ3) is 5.55. The number of hydrogen-bond acceptors (Lipinski definition) is 3. The van der Waals surface area contributed by atoms with E-state index >= 15 is 0 Å². The largest absolute Gasteiger partial charge is 0.370 e. The molecule has 2 atom stereocenters. The van der Waals surface area contributed by atoms with E-state index in [1.165, 1.54) is 0 Å². The van der Waals surface area contributed by atoms with Crippen molar-refractivity contribution >= 4 is 39.0 Å². The molecule has 0 aromatic heterocycles. The van der Waals surface area contributed by atoms with Crippen LogP contribution in [0.2, 0.25) is 10.0 Å². The molecule has 23 heavy (non-hydrogen) atoms. The van der Waals surface area contributed by atoms with Crippen LogP contribution in [0.5, 0.6) is 0 Å². The number of halogens is 2. The summed E-state index contributed by atoms with van der Waals surface area (Å²) in [5, 5.41) is 4.20. The Balaban J connectivity index is 1.94. The molecule has 5 nitrogen and oxygen atoms in total. The Hall–Kier alpha value is -0.980. The monoisotopic (exact) mass is 377 g/mol. The van der Waals surface area contributed by atoms with Crippen molar-refractivity contribution in [1.82, 2.24) is 5.32 Å². The van der Waals surface area contributed by atoms with Gasteiger partial charge in [0.1, 0.15) is 0 Å². The first kappa shape index (κ1) is 18.4. The first-order valence-corrected chi connectivity index (χ1v) is 10.1. The Morgan fingerprint density at radius 2 is 2.22 bits per heavy atom. The summed E-state index contributed by atoms with van der Waals surface area (Å²) >= 11 is 12.1. The van der Waals surface area contributed by atoms with Crippen LogP contribution in [0.1, 0.15) is 31.4 Å². The molecule has 8 heteroatoms. The number of nitrogens with two attached hydrogens (primary N) is 1. The van der Waals surface area contributed by atoms with Gasteiger partial charge >= 0.3 is 0 Å². The fourth-order valence-electron chi connectivity index (χ4n) is 2.69. The van der Waals surface area contributed by atoms with Gasteiger partial charge in [0.2, 0.25) is 0 Å². The summed E-state index contributed by atoms with van der Waals surface area (Å²) in [6, 6.07) is 5.15. The molecule has 0 amide bonds. The Kier molecular flexibility index (Phi) is 6.17. The Morgan fingerprint density at radius 1 is 1.48 bits per heavy atom. The third-order valence-electron chi connectivity index (χ3n) is 3.87. The second-order valence-electron chi connectivity index (χ2n) is 5.88. The van der Waals surface area contributed by atoms with Crippen LogP contribution >= 0.6 is 23.2 Å². The van der Waals surface area contributed by atoms with Gasteiger partial charge in [-0.05, 0) is 43.4 Å². The molecule has 1 aromatic carbocycles. The zero-order chi connectivity index (χ0) is 17.0. The standard InChI is InChI=1S/C15H21Cl2N3O2S/c1-10(13-5-4-12(16)7-14(13)17)20-15(18)19-8-11-3-2-6-23(21,22)9-11/h4-5,7,10-11H,2-3,6,8-9H2,1H3,(H3,18,19,20). The molecular weight excluding hydrogens is 357 g/mol. The topological polar surface area (TPSA) is 84.5 Å². The van der Waals surface area contributed by atoms with Crippen LogP contribution in [0.4, 0.5) is 0 Å². The van der Waals surface area contributed by atoms with E-state index in [1.54, 1.807) is 12.1 Å². The number of hydrogen-bond donors (Lipinski definition) is 2. The number of benzene rings is 1. The second kappa shape index (κ2) is 7.73. The smallest absolute Gasteiger partial charge is 0.189 e. The maximum Gasteiger partial charge on any atom is 0.189 e. The summed E-state index contributed by atoms with van der Waals surface area (Å²) < 4.78 is 23.2. The molecule has 0 aliphatic carbocycles. The summed E-state index contributed by atoms with van der Waals surface area (Å²) in [5.41, 5.74) is 6.77. The molecule has 3 N–H and O–H groups in total. The molecule has 0 radical (unpaired) electrons. The molecule has 1 aromatic rings. The van der Waals surface area contributed by atoms with Crippen molar-refractivity contribution in [3.63, 3.8) is 0 Å². The summed E-state index contributed by atoms with van der Waals surface area (Å²) in [6.07, 6.45) is 1.57. The van der Waals surface area contributed by atoms with Gasteiger partial charge in [0.25, 0.3) is 0 Å². The maximum absolute atomic E-state index is 11.6. The first-order valence-electron chi connectivity index (χ1n) is 7.48. The summed E-state index contributed by atoms with van der Waals surface area (Å²) in [5.74, 6) is 0.810. The molecule has 0 bridgehead atoms. The highest BCUT2D eigenvalue weighted by Gasteiger charge is 2.24. The average molecular weight is 378 g/mol. The van der Waals surface area contributed by atoms with Gasteiger partial charge in [-0.2, -0.15) is 0 Å². The minimum Gasteiger partial charge on any atom is -0.370 e. The van der Waals surface area contributed by atoms with Crippen LogP contribution in [-0.4, -0.2) is 32.4 Å².